The van der Waals surface area contributed by atoms with Crippen LogP contribution in [0.2, 0.25) is 5.02 Å². The summed E-state index contributed by atoms with van der Waals surface area (Å²) in [6, 6.07) is 29.4. The van der Waals surface area contributed by atoms with Gasteiger partial charge >= 0.3 is 0 Å². The molecule has 1 atom stereocenters. The molecule has 1 amide bonds. The number of hydrogen-bond acceptors (Lipinski definition) is 6. The van der Waals surface area contributed by atoms with Crippen molar-refractivity contribution in [1.29, 1.82) is 0 Å². The summed E-state index contributed by atoms with van der Waals surface area (Å²) in [7, 11) is 1.61. The first-order valence-corrected chi connectivity index (χ1v) is 15.5. The number of nitrogens with zero attached hydrogens (tertiary/aromatic N) is 2. The van der Waals surface area contributed by atoms with Gasteiger partial charge in [-0.15, -0.1) is 0 Å². The Balaban J connectivity index is 1.40. The van der Waals surface area contributed by atoms with Crippen molar-refractivity contribution in [2.45, 2.75) is 26.5 Å². The Morgan fingerprint density at radius 1 is 1.00 bits per heavy atom. The van der Waals surface area contributed by atoms with E-state index in [9.17, 15) is 9.59 Å². The molecule has 0 aliphatic carbocycles. The van der Waals surface area contributed by atoms with Crippen LogP contribution in [0.25, 0.3) is 6.08 Å². The predicted octanol–water partition coefficient (Wildman–Crippen LogP) is 6.42. The Morgan fingerprint density at radius 2 is 1.78 bits per heavy atom. The van der Waals surface area contributed by atoms with Crippen molar-refractivity contribution in [1.82, 2.24) is 4.57 Å². The number of aryl methyl sites for hydroxylation is 1. The molecule has 0 saturated heterocycles. The van der Waals surface area contributed by atoms with E-state index in [2.05, 4.69) is 5.32 Å². The third-order valence-electron chi connectivity index (χ3n) is 7.57. The first-order chi connectivity index (χ1) is 21.8. The van der Waals surface area contributed by atoms with E-state index < -0.39 is 6.04 Å². The molecule has 0 spiro atoms. The van der Waals surface area contributed by atoms with E-state index in [0.29, 0.717) is 42.8 Å². The highest BCUT2D eigenvalue weighted by Gasteiger charge is 2.32. The summed E-state index contributed by atoms with van der Waals surface area (Å²) in [6.45, 7) is 4.00. The average Bonchev–Trinajstić information content (AvgIpc) is 3.34. The number of amides is 1. The lowest BCUT2D eigenvalue weighted by Crippen LogP contribution is -2.40. The number of carbonyl (C=O) groups excluding carboxylic acids is 1. The molecule has 4 aromatic carbocycles. The van der Waals surface area contributed by atoms with Crippen molar-refractivity contribution in [2.24, 2.45) is 4.99 Å². The lowest BCUT2D eigenvalue weighted by atomic mass is 9.95. The van der Waals surface area contributed by atoms with Gasteiger partial charge in [-0.1, -0.05) is 83.6 Å². The van der Waals surface area contributed by atoms with Gasteiger partial charge in [0.1, 0.15) is 18.1 Å². The minimum Gasteiger partial charge on any atom is -0.496 e. The summed E-state index contributed by atoms with van der Waals surface area (Å²) in [5, 5.41) is 3.63. The number of allylic oxidation sites excluding steroid dienone is 1. The quantitative estimate of drug-likeness (QED) is 0.213. The number of ether oxygens (including phenoxy) is 2. The standard InChI is InChI=1S/C36H30ClN3O4S/c1-22-10-7-8-15-29(22)39-34(41)32-23(2)38-36-40(33(32)25-11-5-4-6-12-25)35(42)31(45-36)19-24-16-17-30(43-3)26(18-24)21-44-28-14-9-13-27(37)20-28/h4-20,33H,21H2,1-3H3,(H,39,41)/b31-19+/t33-/m0/s1. The zero-order valence-electron chi connectivity index (χ0n) is 24.9. The molecule has 1 N–H and O–H groups in total. The van der Waals surface area contributed by atoms with Gasteiger partial charge in [-0.05, 0) is 73.0 Å². The highest BCUT2D eigenvalue weighted by molar-refractivity contribution is 7.07. The van der Waals surface area contributed by atoms with Crippen molar-refractivity contribution in [3.63, 3.8) is 0 Å². The summed E-state index contributed by atoms with van der Waals surface area (Å²) < 4.78 is 13.7. The fourth-order valence-corrected chi connectivity index (χ4v) is 6.56. The van der Waals surface area contributed by atoms with Crippen LogP contribution in [0.4, 0.5) is 5.69 Å². The van der Waals surface area contributed by atoms with Crippen LogP contribution in [0.5, 0.6) is 11.5 Å². The number of rotatable bonds is 8. The molecule has 2 heterocycles. The lowest BCUT2D eigenvalue weighted by molar-refractivity contribution is -0.113. The summed E-state index contributed by atoms with van der Waals surface area (Å²) >= 11 is 7.40. The summed E-state index contributed by atoms with van der Waals surface area (Å²) in [5.41, 5.74) is 4.84. The molecular weight excluding hydrogens is 606 g/mol. The molecule has 1 aromatic heterocycles. The monoisotopic (exact) mass is 635 g/mol. The molecule has 7 nitrogen and oxygen atoms in total. The minimum atomic E-state index is -0.647. The number of methoxy groups -OCH3 is 1. The highest BCUT2D eigenvalue weighted by Crippen LogP contribution is 2.31. The maximum Gasteiger partial charge on any atom is 0.271 e. The van der Waals surface area contributed by atoms with Crippen molar-refractivity contribution in [2.75, 3.05) is 12.4 Å². The van der Waals surface area contributed by atoms with Crippen LogP contribution < -0.4 is 29.7 Å². The van der Waals surface area contributed by atoms with Gasteiger partial charge in [-0.2, -0.15) is 0 Å². The fourth-order valence-electron chi connectivity index (χ4n) is 5.34. The number of fused-ring (bicyclic) bond motifs is 1. The second-order valence-corrected chi connectivity index (χ2v) is 12.0. The average molecular weight is 636 g/mol. The Bertz CT molecular complexity index is 2120. The van der Waals surface area contributed by atoms with Gasteiger partial charge < -0.3 is 14.8 Å². The van der Waals surface area contributed by atoms with E-state index in [-0.39, 0.29) is 18.1 Å². The molecule has 1 aliphatic rings. The largest absolute Gasteiger partial charge is 0.496 e. The van der Waals surface area contributed by atoms with Gasteiger partial charge in [0.2, 0.25) is 0 Å². The molecular formula is C36H30ClN3O4S. The van der Waals surface area contributed by atoms with Crippen LogP contribution >= 0.6 is 22.9 Å². The summed E-state index contributed by atoms with van der Waals surface area (Å²) in [6.07, 6.45) is 1.83. The second kappa shape index (κ2) is 13.0. The SMILES string of the molecule is COc1ccc(/C=c2/sc3n(c2=O)[C@@H](c2ccccc2)C(C(=O)Nc2ccccc2C)=C(C)N=3)cc1COc1cccc(Cl)c1. The van der Waals surface area contributed by atoms with Crippen molar-refractivity contribution in [3.8, 4) is 11.5 Å². The number of nitrogens with one attached hydrogen (secondary N) is 1. The number of thiazole rings is 1. The van der Waals surface area contributed by atoms with Crippen molar-refractivity contribution >= 4 is 40.6 Å². The van der Waals surface area contributed by atoms with Crippen LogP contribution in [-0.2, 0) is 11.4 Å². The van der Waals surface area contributed by atoms with E-state index >= 15 is 0 Å². The highest BCUT2D eigenvalue weighted by atomic mass is 35.5. The third kappa shape index (κ3) is 6.34. The molecule has 0 saturated carbocycles. The van der Waals surface area contributed by atoms with Crippen molar-refractivity contribution < 1.29 is 14.3 Å². The Morgan fingerprint density at radius 3 is 2.53 bits per heavy atom. The Hall–Kier alpha value is -4.92. The van der Waals surface area contributed by atoms with Crippen LogP contribution in [0.1, 0.15) is 35.2 Å². The summed E-state index contributed by atoms with van der Waals surface area (Å²) in [4.78, 5) is 33.2. The first-order valence-electron chi connectivity index (χ1n) is 14.3. The molecule has 5 aromatic rings. The third-order valence-corrected chi connectivity index (χ3v) is 8.79. The Labute approximate surface area is 269 Å². The molecule has 0 bridgehead atoms. The maximum absolute atomic E-state index is 14.1. The van der Waals surface area contributed by atoms with E-state index in [1.165, 1.54) is 11.3 Å². The number of carbonyl (C=O) groups is 1. The predicted molar refractivity (Wildman–Crippen MR) is 179 cm³/mol. The van der Waals surface area contributed by atoms with Crippen LogP contribution in [0.15, 0.2) is 118 Å². The maximum atomic E-state index is 14.1. The van der Waals surface area contributed by atoms with Gasteiger partial charge in [0, 0.05) is 16.3 Å². The second-order valence-electron chi connectivity index (χ2n) is 10.6. The van der Waals surface area contributed by atoms with Gasteiger partial charge in [-0.3, -0.25) is 14.2 Å². The van der Waals surface area contributed by atoms with E-state index in [0.717, 1.165) is 22.3 Å². The smallest absolute Gasteiger partial charge is 0.271 e. The van der Waals surface area contributed by atoms with Crippen LogP contribution in [0.3, 0.4) is 0 Å². The molecule has 226 valence electrons. The normalized spacial score (nSPS) is 14.5. The molecule has 1 aliphatic heterocycles. The number of benzene rings is 4. The number of para-hydroxylation sites is 1. The zero-order chi connectivity index (χ0) is 31.5. The topological polar surface area (TPSA) is 81.9 Å². The van der Waals surface area contributed by atoms with Crippen LogP contribution in [-0.4, -0.2) is 17.6 Å². The number of anilines is 1. The van der Waals surface area contributed by atoms with Gasteiger partial charge in [0.25, 0.3) is 11.5 Å². The molecule has 0 radical (unpaired) electrons. The van der Waals surface area contributed by atoms with Gasteiger partial charge in [0.15, 0.2) is 4.80 Å². The summed E-state index contributed by atoms with van der Waals surface area (Å²) in [5.74, 6) is 1.01. The van der Waals surface area contributed by atoms with E-state index in [1.54, 1.807) is 23.8 Å². The lowest BCUT2D eigenvalue weighted by Gasteiger charge is -2.25. The van der Waals surface area contributed by atoms with E-state index in [4.69, 9.17) is 26.1 Å². The molecule has 6 rings (SSSR count). The Kier molecular flexibility index (Phi) is 8.69. The van der Waals surface area contributed by atoms with Crippen molar-refractivity contribution in [3.05, 3.63) is 155 Å². The van der Waals surface area contributed by atoms with E-state index in [1.807, 2.05) is 105 Å². The number of halogens is 1. The molecule has 0 unspecified atom stereocenters. The number of aromatic nitrogens is 1. The zero-order valence-corrected chi connectivity index (χ0v) is 26.5. The molecule has 9 heteroatoms. The first kappa shape index (κ1) is 30.1. The fraction of sp³-hybridized carbons (Fsp3) is 0.139. The van der Waals surface area contributed by atoms with Crippen LogP contribution in [0, 0.1) is 6.92 Å². The number of hydrogen-bond donors (Lipinski definition) is 1. The minimum absolute atomic E-state index is 0.228. The van der Waals surface area contributed by atoms with Gasteiger partial charge in [0.05, 0.1) is 29.0 Å². The van der Waals surface area contributed by atoms with Gasteiger partial charge in [-0.25, -0.2) is 4.99 Å². The molecule has 0 fully saturated rings. The molecule has 45 heavy (non-hydrogen) atoms.